The van der Waals surface area contributed by atoms with Gasteiger partial charge in [0.15, 0.2) is 0 Å². The summed E-state index contributed by atoms with van der Waals surface area (Å²) in [5.74, 6) is -0.0602. The first-order valence-electron chi connectivity index (χ1n) is 6.78. The summed E-state index contributed by atoms with van der Waals surface area (Å²) < 4.78 is 0. The van der Waals surface area contributed by atoms with Gasteiger partial charge >= 0.3 is 0 Å². The second-order valence-electron chi connectivity index (χ2n) is 5.22. The van der Waals surface area contributed by atoms with E-state index in [0.717, 1.165) is 0 Å². The van der Waals surface area contributed by atoms with Crippen LogP contribution in [0.15, 0.2) is 24.3 Å². The SMILES string of the molecule is CC(C)C(O)CCNC(=O)CC(O)c1ccc(Cl)cc1. The topological polar surface area (TPSA) is 69.6 Å². The molecule has 1 amide bonds. The van der Waals surface area contributed by atoms with E-state index in [2.05, 4.69) is 5.32 Å². The highest BCUT2D eigenvalue weighted by atomic mass is 35.5. The molecule has 20 heavy (non-hydrogen) atoms. The summed E-state index contributed by atoms with van der Waals surface area (Å²) in [6.07, 6.45) is -0.751. The van der Waals surface area contributed by atoms with Crippen molar-refractivity contribution in [3.8, 4) is 0 Å². The molecule has 2 unspecified atom stereocenters. The standard InChI is InChI=1S/C15H22ClNO3/c1-10(2)13(18)7-8-17-15(20)9-14(19)11-3-5-12(16)6-4-11/h3-6,10,13-14,18-19H,7-9H2,1-2H3,(H,17,20). The van der Waals surface area contributed by atoms with E-state index >= 15 is 0 Å². The van der Waals surface area contributed by atoms with Crippen molar-refractivity contribution in [3.05, 3.63) is 34.9 Å². The number of nitrogens with one attached hydrogen (secondary N) is 1. The summed E-state index contributed by atoms with van der Waals surface area (Å²) in [6, 6.07) is 6.75. The van der Waals surface area contributed by atoms with E-state index in [1.54, 1.807) is 24.3 Å². The minimum atomic E-state index is -0.845. The maximum absolute atomic E-state index is 11.7. The molecule has 0 aliphatic carbocycles. The molecule has 4 nitrogen and oxygen atoms in total. The van der Waals surface area contributed by atoms with E-state index in [4.69, 9.17) is 11.6 Å². The van der Waals surface area contributed by atoms with Crippen LogP contribution in [0, 0.1) is 5.92 Å². The second-order valence-corrected chi connectivity index (χ2v) is 5.66. The lowest BCUT2D eigenvalue weighted by molar-refractivity contribution is -0.123. The van der Waals surface area contributed by atoms with Gasteiger partial charge in [-0.25, -0.2) is 0 Å². The maximum atomic E-state index is 11.7. The molecule has 0 bridgehead atoms. The molecule has 3 N–H and O–H groups in total. The van der Waals surface area contributed by atoms with Crippen LogP contribution in [0.25, 0.3) is 0 Å². The van der Waals surface area contributed by atoms with Crippen LogP contribution in [-0.2, 0) is 4.79 Å². The van der Waals surface area contributed by atoms with E-state index < -0.39 is 12.2 Å². The molecule has 0 saturated heterocycles. The van der Waals surface area contributed by atoms with Crippen molar-refractivity contribution < 1.29 is 15.0 Å². The van der Waals surface area contributed by atoms with E-state index in [1.165, 1.54) is 0 Å². The van der Waals surface area contributed by atoms with Gasteiger partial charge in [0, 0.05) is 11.6 Å². The summed E-state index contributed by atoms with van der Waals surface area (Å²) in [6.45, 7) is 4.26. The Bertz CT molecular complexity index is 420. The van der Waals surface area contributed by atoms with Crippen LogP contribution in [0.2, 0.25) is 5.02 Å². The van der Waals surface area contributed by atoms with Gasteiger partial charge in [0.25, 0.3) is 0 Å². The summed E-state index contributed by atoms with van der Waals surface area (Å²) in [4.78, 5) is 11.7. The smallest absolute Gasteiger partial charge is 0.222 e. The average Bonchev–Trinajstić information content (AvgIpc) is 2.39. The third kappa shape index (κ3) is 5.90. The molecule has 0 saturated carbocycles. The number of halogens is 1. The van der Waals surface area contributed by atoms with Crippen molar-refractivity contribution in [1.82, 2.24) is 5.32 Å². The lowest BCUT2D eigenvalue weighted by Gasteiger charge is -2.15. The molecule has 0 aliphatic heterocycles. The normalized spacial score (nSPS) is 14.1. The van der Waals surface area contributed by atoms with E-state index in [1.807, 2.05) is 13.8 Å². The molecule has 2 atom stereocenters. The van der Waals surface area contributed by atoms with E-state index in [-0.39, 0.29) is 18.2 Å². The van der Waals surface area contributed by atoms with Crippen LogP contribution < -0.4 is 5.32 Å². The fourth-order valence-corrected chi connectivity index (χ4v) is 1.87. The van der Waals surface area contributed by atoms with Crippen LogP contribution >= 0.6 is 11.6 Å². The molecule has 112 valence electrons. The number of amides is 1. The number of carbonyl (C=O) groups excluding carboxylic acids is 1. The van der Waals surface area contributed by atoms with Gasteiger partial charge in [-0.2, -0.15) is 0 Å². The number of aliphatic hydroxyl groups is 2. The molecule has 0 radical (unpaired) electrons. The van der Waals surface area contributed by atoms with Gasteiger partial charge in [0.1, 0.15) is 0 Å². The van der Waals surface area contributed by atoms with Crippen molar-refractivity contribution in [2.24, 2.45) is 5.92 Å². The first-order chi connectivity index (χ1) is 9.40. The van der Waals surface area contributed by atoms with Crippen molar-refractivity contribution in [3.63, 3.8) is 0 Å². The van der Waals surface area contributed by atoms with Crippen molar-refractivity contribution in [1.29, 1.82) is 0 Å². The fraction of sp³-hybridized carbons (Fsp3) is 0.533. The number of hydrogen-bond donors (Lipinski definition) is 3. The number of carbonyl (C=O) groups is 1. The largest absolute Gasteiger partial charge is 0.393 e. The Kier molecular flexibility index (Phi) is 6.99. The van der Waals surface area contributed by atoms with E-state index in [0.29, 0.717) is 23.6 Å². The van der Waals surface area contributed by atoms with Gasteiger partial charge in [0.2, 0.25) is 5.91 Å². The van der Waals surface area contributed by atoms with Gasteiger partial charge in [-0.15, -0.1) is 0 Å². The van der Waals surface area contributed by atoms with Crippen molar-refractivity contribution in [2.75, 3.05) is 6.54 Å². The van der Waals surface area contributed by atoms with E-state index in [9.17, 15) is 15.0 Å². The summed E-state index contributed by atoms with van der Waals surface area (Å²) in [7, 11) is 0. The Morgan fingerprint density at radius 1 is 1.25 bits per heavy atom. The molecular weight excluding hydrogens is 278 g/mol. The monoisotopic (exact) mass is 299 g/mol. The van der Waals surface area contributed by atoms with Crippen LogP contribution in [0.4, 0.5) is 0 Å². The first kappa shape index (κ1) is 17.0. The highest BCUT2D eigenvalue weighted by Crippen LogP contribution is 2.18. The minimum Gasteiger partial charge on any atom is -0.393 e. The Morgan fingerprint density at radius 3 is 2.40 bits per heavy atom. The van der Waals surface area contributed by atoms with Gasteiger partial charge < -0.3 is 15.5 Å². The average molecular weight is 300 g/mol. The molecule has 0 fully saturated rings. The lowest BCUT2D eigenvalue weighted by Crippen LogP contribution is -2.29. The molecule has 1 aromatic carbocycles. The second kappa shape index (κ2) is 8.25. The van der Waals surface area contributed by atoms with Crippen LogP contribution in [0.5, 0.6) is 0 Å². The Hall–Kier alpha value is -1.10. The summed E-state index contributed by atoms with van der Waals surface area (Å²) in [5.41, 5.74) is 0.659. The molecule has 5 heteroatoms. The lowest BCUT2D eigenvalue weighted by atomic mass is 10.0. The number of rotatable bonds is 7. The molecule has 0 heterocycles. The summed E-state index contributed by atoms with van der Waals surface area (Å²) in [5, 5.41) is 22.8. The Morgan fingerprint density at radius 2 is 1.85 bits per heavy atom. The minimum absolute atomic E-state index is 0.000589. The molecule has 0 spiro atoms. The maximum Gasteiger partial charge on any atom is 0.222 e. The van der Waals surface area contributed by atoms with Gasteiger partial charge in [-0.3, -0.25) is 4.79 Å². The highest BCUT2D eigenvalue weighted by molar-refractivity contribution is 6.30. The first-order valence-corrected chi connectivity index (χ1v) is 7.16. The zero-order chi connectivity index (χ0) is 15.1. The molecule has 0 aliphatic rings. The molecule has 0 aromatic heterocycles. The molecule has 1 aromatic rings. The third-order valence-corrected chi connectivity index (χ3v) is 3.42. The quantitative estimate of drug-likeness (QED) is 0.723. The van der Waals surface area contributed by atoms with Gasteiger partial charge in [-0.05, 0) is 30.0 Å². The molecular formula is C15H22ClNO3. The zero-order valence-electron chi connectivity index (χ0n) is 11.8. The van der Waals surface area contributed by atoms with Gasteiger partial charge in [0.05, 0.1) is 18.6 Å². The predicted molar refractivity (Wildman–Crippen MR) is 79.5 cm³/mol. The number of aliphatic hydroxyl groups excluding tert-OH is 2. The van der Waals surface area contributed by atoms with Crippen LogP contribution in [0.3, 0.4) is 0 Å². The fourth-order valence-electron chi connectivity index (χ4n) is 1.74. The Labute approximate surface area is 124 Å². The number of benzene rings is 1. The number of hydrogen-bond acceptors (Lipinski definition) is 3. The third-order valence-electron chi connectivity index (χ3n) is 3.17. The highest BCUT2D eigenvalue weighted by Gasteiger charge is 2.14. The zero-order valence-corrected chi connectivity index (χ0v) is 12.6. The van der Waals surface area contributed by atoms with Crippen LogP contribution in [-0.4, -0.2) is 28.8 Å². The van der Waals surface area contributed by atoms with Gasteiger partial charge in [-0.1, -0.05) is 37.6 Å². The van der Waals surface area contributed by atoms with Crippen LogP contribution in [0.1, 0.15) is 38.4 Å². The Balaban J connectivity index is 2.33. The van der Waals surface area contributed by atoms with Crippen molar-refractivity contribution >= 4 is 17.5 Å². The van der Waals surface area contributed by atoms with Crippen molar-refractivity contribution in [2.45, 2.75) is 38.9 Å². The molecule has 1 rings (SSSR count). The summed E-state index contributed by atoms with van der Waals surface area (Å²) >= 11 is 5.76. The predicted octanol–water partition coefficient (Wildman–Crippen LogP) is 2.29.